The molecule has 37 heavy (non-hydrogen) atoms. The molecule has 1 aliphatic heterocycles. The van der Waals surface area contributed by atoms with E-state index in [1.54, 1.807) is 42.9 Å². The fraction of sp³-hybridized carbons (Fsp3) is 0.185. The van der Waals surface area contributed by atoms with Crippen molar-refractivity contribution in [3.05, 3.63) is 100 Å². The van der Waals surface area contributed by atoms with Crippen LogP contribution >= 0.6 is 34.8 Å². The Morgan fingerprint density at radius 3 is 2.59 bits per heavy atom. The predicted octanol–water partition coefficient (Wildman–Crippen LogP) is 7.00. The summed E-state index contributed by atoms with van der Waals surface area (Å²) in [7, 11) is 0. The van der Waals surface area contributed by atoms with Crippen molar-refractivity contribution in [1.29, 1.82) is 0 Å². The first-order valence-corrected chi connectivity index (χ1v) is 12.6. The Bertz CT molecular complexity index is 1540. The number of hydrogen-bond donors (Lipinski definition) is 0. The van der Waals surface area contributed by atoms with Gasteiger partial charge in [-0.15, -0.1) is 0 Å². The second kappa shape index (κ2) is 10.0. The third-order valence-corrected chi connectivity index (χ3v) is 6.82. The van der Waals surface area contributed by atoms with Gasteiger partial charge in [0.25, 0.3) is 0 Å². The number of aromatic nitrogens is 3. The molecule has 0 bridgehead atoms. The van der Waals surface area contributed by atoms with Gasteiger partial charge in [-0.1, -0.05) is 40.9 Å². The molecule has 2 aromatic heterocycles. The molecular weight excluding hydrogens is 537 g/mol. The second-order valence-corrected chi connectivity index (χ2v) is 9.91. The van der Waals surface area contributed by atoms with Crippen molar-refractivity contribution in [2.24, 2.45) is 0 Å². The molecule has 2 unspecified atom stereocenters. The summed E-state index contributed by atoms with van der Waals surface area (Å²) in [5.74, 6) is 0.0967. The Kier molecular flexibility index (Phi) is 6.56. The van der Waals surface area contributed by atoms with Crippen molar-refractivity contribution in [1.82, 2.24) is 14.5 Å². The lowest BCUT2D eigenvalue weighted by Gasteiger charge is -2.30. The van der Waals surface area contributed by atoms with Crippen LogP contribution in [-0.2, 0) is 21.8 Å². The van der Waals surface area contributed by atoms with Crippen molar-refractivity contribution < 1.29 is 18.6 Å². The maximum atomic E-state index is 6.54. The van der Waals surface area contributed by atoms with E-state index in [2.05, 4.69) is 9.97 Å². The minimum absolute atomic E-state index is 0.289. The highest BCUT2D eigenvalue weighted by Crippen LogP contribution is 2.40. The quantitative estimate of drug-likeness (QED) is 0.215. The molecule has 1 fully saturated rings. The molecule has 3 heterocycles. The first-order chi connectivity index (χ1) is 18.0. The molecule has 0 radical (unpaired) electrons. The molecule has 6 rings (SSSR count). The molecule has 0 aliphatic carbocycles. The van der Waals surface area contributed by atoms with Crippen LogP contribution in [0.15, 0.2) is 83.8 Å². The number of hydrogen-bond acceptors (Lipinski definition) is 6. The minimum Gasteiger partial charge on any atom is -0.491 e. The standard InChI is InChI=1S/C27H20Cl3N3O4/c28-18-3-7-22(23(30)11-18)27(15-33-10-9-31-16-33)35-14-21(37-27)13-34-20-5-1-17(2-6-20)26-32-24-12-19(29)4-8-25(24)36-26/h1-12,16,21H,13-15H2. The smallest absolute Gasteiger partial charge is 0.227 e. The van der Waals surface area contributed by atoms with Gasteiger partial charge in [0.05, 0.1) is 24.5 Å². The molecule has 1 saturated heterocycles. The summed E-state index contributed by atoms with van der Waals surface area (Å²) in [5, 5.41) is 1.61. The van der Waals surface area contributed by atoms with Crippen LogP contribution in [0.2, 0.25) is 15.1 Å². The summed E-state index contributed by atoms with van der Waals surface area (Å²) in [6.45, 7) is 0.990. The Balaban J connectivity index is 1.15. The van der Waals surface area contributed by atoms with Gasteiger partial charge in [-0.3, -0.25) is 0 Å². The summed E-state index contributed by atoms with van der Waals surface area (Å²) in [4.78, 5) is 8.64. The van der Waals surface area contributed by atoms with Crippen LogP contribution in [0.3, 0.4) is 0 Å². The van der Waals surface area contributed by atoms with E-state index in [0.717, 1.165) is 5.56 Å². The fourth-order valence-corrected chi connectivity index (χ4v) is 5.00. The third-order valence-electron chi connectivity index (χ3n) is 6.04. The van der Waals surface area contributed by atoms with Gasteiger partial charge in [-0.2, -0.15) is 0 Å². The molecule has 3 aromatic carbocycles. The number of ether oxygens (including phenoxy) is 3. The molecule has 10 heteroatoms. The minimum atomic E-state index is -1.10. The van der Waals surface area contributed by atoms with E-state index in [-0.39, 0.29) is 12.7 Å². The first kappa shape index (κ1) is 24.3. The number of benzene rings is 3. The van der Waals surface area contributed by atoms with Crippen molar-refractivity contribution >= 4 is 45.9 Å². The lowest BCUT2D eigenvalue weighted by Crippen LogP contribution is -2.34. The topological polar surface area (TPSA) is 71.5 Å². The van der Waals surface area contributed by atoms with Crippen LogP contribution in [0.5, 0.6) is 5.75 Å². The van der Waals surface area contributed by atoms with Gasteiger partial charge in [0.2, 0.25) is 11.7 Å². The van der Waals surface area contributed by atoms with Crippen molar-refractivity contribution in [2.75, 3.05) is 13.2 Å². The summed E-state index contributed by atoms with van der Waals surface area (Å²) >= 11 is 18.7. The monoisotopic (exact) mass is 555 g/mol. The molecule has 7 nitrogen and oxygen atoms in total. The molecule has 1 aliphatic rings. The third kappa shape index (κ3) is 5.06. The Morgan fingerprint density at radius 2 is 1.81 bits per heavy atom. The largest absolute Gasteiger partial charge is 0.491 e. The summed E-state index contributed by atoms with van der Waals surface area (Å²) in [5.41, 5.74) is 2.91. The average Bonchev–Trinajstić information content (AvgIpc) is 3.64. The molecule has 2 atom stereocenters. The highest BCUT2D eigenvalue weighted by Gasteiger charge is 2.45. The van der Waals surface area contributed by atoms with Crippen LogP contribution in [-0.4, -0.2) is 33.9 Å². The lowest BCUT2D eigenvalue weighted by molar-refractivity contribution is -0.189. The van der Waals surface area contributed by atoms with Gasteiger partial charge < -0.3 is 23.2 Å². The van der Waals surface area contributed by atoms with Gasteiger partial charge >= 0.3 is 0 Å². The summed E-state index contributed by atoms with van der Waals surface area (Å²) in [6.07, 6.45) is 4.92. The average molecular weight is 557 g/mol. The van der Waals surface area contributed by atoms with Crippen molar-refractivity contribution in [2.45, 2.75) is 18.4 Å². The Morgan fingerprint density at radius 1 is 1.00 bits per heavy atom. The molecule has 0 N–H and O–H groups in total. The Hall–Kier alpha value is -3.07. The van der Waals surface area contributed by atoms with Gasteiger partial charge in [-0.25, -0.2) is 9.97 Å². The predicted molar refractivity (Wildman–Crippen MR) is 141 cm³/mol. The van der Waals surface area contributed by atoms with E-state index in [9.17, 15) is 0 Å². The summed E-state index contributed by atoms with van der Waals surface area (Å²) < 4.78 is 26.4. The molecular formula is C27H20Cl3N3O4. The second-order valence-electron chi connectivity index (χ2n) is 8.63. The van der Waals surface area contributed by atoms with E-state index in [1.165, 1.54) is 0 Å². The molecule has 0 saturated carbocycles. The van der Waals surface area contributed by atoms with Gasteiger partial charge in [0, 0.05) is 33.6 Å². The highest BCUT2D eigenvalue weighted by atomic mass is 35.5. The van der Waals surface area contributed by atoms with E-state index >= 15 is 0 Å². The number of rotatable bonds is 7. The maximum Gasteiger partial charge on any atom is 0.227 e. The van der Waals surface area contributed by atoms with Crippen LogP contribution in [0, 0.1) is 0 Å². The molecule has 0 amide bonds. The van der Waals surface area contributed by atoms with Gasteiger partial charge in [0.15, 0.2) is 5.58 Å². The number of nitrogens with zero attached hydrogens (tertiary/aromatic N) is 3. The molecule has 188 valence electrons. The number of fused-ring (bicyclic) bond motifs is 1. The van der Waals surface area contributed by atoms with E-state index < -0.39 is 5.79 Å². The first-order valence-electron chi connectivity index (χ1n) is 11.5. The van der Waals surface area contributed by atoms with Gasteiger partial charge in [-0.05, 0) is 54.6 Å². The van der Waals surface area contributed by atoms with E-state index in [4.69, 9.17) is 53.4 Å². The normalized spacial score (nSPS) is 19.5. The molecule has 0 spiro atoms. The van der Waals surface area contributed by atoms with E-state index in [1.807, 2.05) is 41.1 Å². The summed E-state index contributed by atoms with van der Waals surface area (Å²) in [6, 6.07) is 18.1. The SMILES string of the molecule is Clc1ccc(C2(Cn3ccnc3)OCC(COc3ccc(-c4nc5cc(Cl)ccc5o4)cc3)O2)c(Cl)c1. The highest BCUT2D eigenvalue weighted by molar-refractivity contribution is 6.35. The number of imidazole rings is 1. The molecule has 5 aromatic rings. The maximum absolute atomic E-state index is 6.54. The van der Waals surface area contributed by atoms with Crippen LogP contribution in [0.1, 0.15) is 5.56 Å². The van der Waals surface area contributed by atoms with Crippen LogP contribution < -0.4 is 4.74 Å². The van der Waals surface area contributed by atoms with Crippen LogP contribution in [0.25, 0.3) is 22.6 Å². The fourth-order valence-electron chi connectivity index (χ4n) is 4.28. The lowest BCUT2D eigenvalue weighted by atomic mass is 10.1. The zero-order chi connectivity index (χ0) is 25.4. The van der Waals surface area contributed by atoms with Gasteiger partial charge in [0.1, 0.15) is 24.0 Å². The Labute approximate surface area is 227 Å². The van der Waals surface area contributed by atoms with Crippen molar-refractivity contribution in [3.63, 3.8) is 0 Å². The van der Waals surface area contributed by atoms with Crippen LogP contribution in [0.4, 0.5) is 0 Å². The zero-order valence-electron chi connectivity index (χ0n) is 19.3. The van der Waals surface area contributed by atoms with Crippen molar-refractivity contribution in [3.8, 4) is 17.2 Å². The number of halogens is 3. The zero-order valence-corrected chi connectivity index (χ0v) is 21.6. The van der Waals surface area contributed by atoms with E-state index in [0.29, 0.717) is 56.5 Å². The number of oxazole rings is 1.